The van der Waals surface area contributed by atoms with Gasteiger partial charge in [0.2, 0.25) is 0 Å². The number of carbonyl (C=O) groups excluding carboxylic acids is 1. The van der Waals surface area contributed by atoms with Gasteiger partial charge in [-0.25, -0.2) is 0 Å². The second-order valence-corrected chi connectivity index (χ2v) is 5.04. The molecule has 0 aromatic carbocycles. The van der Waals surface area contributed by atoms with Gasteiger partial charge in [0.05, 0.1) is 0 Å². The molecule has 0 bridgehead atoms. The quantitative estimate of drug-likeness (QED) is 0.848. The zero-order valence-electron chi connectivity index (χ0n) is 7.05. The maximum Gasteiger partial charge on any atom is 0.172 e. The normalized spacial score (nSPS) is 18.6. The first kappa shape index (κ1) is 9.37. The minimum Gasteiger partial charge on any atom is -0.329 e. The van der Waals surface area contributed by atoms with Crippen molar-refractivity contribution in [2.45, 2.75) is 12.8 Å². The molecule has 13 heavy (non-hydrogen) atoms. The fraction of sp³-hybridized carbons (Fsp3) is 0.444. The Hall–Kier alpha value is -0.190. The largest absolute Gasteiger partial charge is 0.329 e. The summed E-state index contributed by atoms with van der Waals surface area (Å²) in [4.78, 5) is 11.9. The molecule has 1 aliphatic carbocycles. The van der Waals surface area contributed by atoms with E-state index >= 15 is 0 Å². The summed E-state index contributed by atoms with van der Waals surface area (Å²) >= 11 is 4.91. The fourth-order valence-corrected chi connectivity index (χ4v) is 2.86. The lowest BCUT2D eigenvalue weighted by atomic mass is 9.97. The number of halogens is 1. The Balaban J connectivity index is 2.28. The smallest absolute Gasteiger partial charge is 0.172 e. The lowest BCUT2D eigenvalue weighted by Gasteiger charge is -2.09. The van der Waals surface area contributed by atoms with Crippen LogP contribution < -0.4 is 5.73 Å². The monoisotopic (exact) mass is 259 g/mol. The molecule has 2 N–H and O–H groups in total. The standard InChI is InChI=1S/C9H10BrNOS/c10-7-4-13-3-6(7)8(12)9(5-11)1-2-9/h3-4H,1-2,5,11H2. The molecule has 1 saturated carbocycles. The molecular weight excluding hydrogens is 250 g/mol. The van der Waals surface area contributed by atoms with Crippen LogP contribution in [0, 0.1) is 5.41 Å². The molecular formula is C9H10BrNOS. The summed E-state index contributed by atoms with van der Waals surface area (Å²) in [6.07, 6.45) is 1.90. The lowest BCUT2D eigenvalue weighted by molar-refractivity contribution is 0.0905. The van der Waals surface area contributed by atoms with E-state index in [1.54, 1.807) is 11.3 Å². The van der Waals surface area contributed by atoms with Crippen molar-refractivity contribution >= 4 is 33.0 Å². The van der Waals surface area contributed by atoms with Gasteiger partial charge in [-0.05, 0) is 28.8 Å². The van der Waals surface area contributed by atoms with E-state index in [1.807, 2.05) is 10.8 Å². The second kappa shape index (κ2) is 3.19. The fourth-order valence-electron chi connectivity index (χ4n) is 1.40. The molecule has 1 aromatic heterocycles. The number of carbonyl (C=O) groups is 1. The molecule has 0 unspecified atom stereocenters. The van der Waals surface area contributed by atoms with E-state index in [0.717, 1.165) is 22.9 Å². The van der Waals surface area contributed by atoms with Gasteiger partial charge in [0.15, 0.2) is 5.78 Å². The molecule has 0 saturated heterocycles. The summed E-state index contributed by atoms with van der Waals surface area (Å²) in [7, 11) is 0. The summed E-state index contributed by atoms with van der Waals surface area (Å²) in [5.74, 6) is 0.211. The van der Waals surface area contributed by atoms with Crippen molar-refractivity contribution in [3.63, 3.8) is 0 Å². The van der Waals surface area contributed by atoms with Gasteiger partial charge in [0.25, 0.3) is 0 Å². The molecule has 1 heterocycles. The highest BCUT2D eigenvalue weighted by atomic mass is 79.9. The van der Waals surface area contributed by atoms with Crippen LogP contribution in [-0.2, 0) is 0 Å². The van der Waals surface area contributed by atoms with Crippen LogP contribution in [0.5, 0.6) is 0 Å². The maximum atomic E-state index is 11.9. The van der Waals surface area contributed by atoms with Crippen LogP contribution in [0.1, 0.15) is 23.2 Å². The predicted octanol–water partition coefficient (Wildman–Crippen LogP) is 2.43. The number of ketones is 1. The third-order valence-electron chi connectivity index (χ3n) is 2.59. The van der Waals surface area contributed by atoms with Crippen molar-refractivity contribution in [3.8, 4) is 0 Å². The van der Waals surface area contributed by atoms with Crippen LogP contribution >= 0.6 is 27.3 Å². The van der Waals surface area contributed by atoms with Gasteiger partial charge >= 0.3 is 0 Å². The summed E-state index contributed by atoms with van der Waals surface area (Å²) in [6, 6.07) is 0. The van der Waals surface area contributed by atoms with Gasteiger partial charge in [0.1, 0.15) is 0 Å². The van der Waals surface area contributed by atoms with Crippen LogP contribution in [-0.4, -0.2) is 12.3 Å². The highest BCUT2D eigenvalue weighted by Gasteiger charge is 2.49. The van der Waals surface area contributed by atoms with Gasteiger partial charge < -0.3 is 5.73 Å². The third-order valence-corrected chi connectivity index (χ3v) is 4.29. The maximum absolute atomic E-state index is 11.9. The highest BCUT2D eigenvalue weighted by molar-refractivity contribution is 9.10. The Bertz CT molecular complexity index is 343. The molecule has 0 atom stereocenters. The van der Waals surface area contributed by atoms with E-state index in [0.29, 0.717) is 6.54 Å². The molecule has 0 spiro atoms. The summed E-state index contributed by atoms with van der Waals surface area (Å²) in [6.45, 7) is 0.480. The number of hydrogen-bond donors (Lipinski definition) is 1. The van der Waals surface area contributed by atoms with Gasteiger partial charge in [-0.2, -0.15) is 11.3 Å². The van der Waals surface area contributed by atoms with Crippen LogP contribution in [0.15, 0.2) is 15.2 Å². The number of rotatable bonds is 3. The minimum absolute atomic E-state index is 0.211. The van der Waals surface area contributed by atoms with Gasteiger partial charge in [-0.1, -0.05) is 0 Å². The van der Waals surface area contributed by atoms with E-state index in [4.69, 9.17) is 5.73 Å². The molecule has 0 amide bonds. The van der Waals surface area contributed by atoms with Crippen molar-refractivity contribution in [2.75, 3.05) is 6.54 Å². The zero-order chi connectivity index (χ0) is 9.47. The number of thiophene rings is 1. The van der Waals surface area contributed by atoms with E-state index in [-0.39, 0.29) is 11.2 Å². The summed E-state index contributed by atoms with van der Waals surface area (Å²) < 4.78 is 0.905. The van der Waals surface area contributed by atoms with E-state index < -0.39 is 0 Å². The van der Waals surface area contributed by atoms with Gasteiger partial charge in [-0.3, -0.25) is 4.79 Å². The second-order valence-electron chi connectivity index (χ2n) is 3.45. The number of nitrogens with two attached hydrogens (primary N) is 1. The van der Waals surface area contributed by atoms with Gasteiger partial charge in [0, 0.05) is 32.8 Å². The molecule has 70 valence electrons. The van der Waals surface area contributed by atoms with Crippen LogP contribution in [0.4, 0.5) is 0 Å². The number of Topliss-reactive ketones (excluding diaryl/α,β-unsaturated/α-hetero) is 1. The van der Waals surface area contributed by atoms with Crippen LogP contribution in [0.25, 0.3) is 0 Å². The minimum atomic E-state index is -0.219. The molecule has 2 nitrogen and oxygen atoms in total. The molecule has 4 heteroatoms. The van der Waals surface area contributed by atoms with Crippen molar-refractivity contribution in [3.05, 3.63) is 20.8 Å². The highest BCUT2D eigenvalue weighted by Crippen LogP contribution is 2.48. The molecule has 0 aliphatic heterocycles. The summed E-state index contributed by atoms with van der Waals surface area (Å²) in [5, 5.41) is 3.82. The van der Waals surface area contributed by atoms with Crippen molar-refractivity contribution in [1.82, 2.24) is 0 Å². The Morgan fingerprint density at radius 1 is 1.62 bits per heavy atom. The van der Waals surface area contributed by atoms with Crippen molar-refractivity contribution in [1.29, 1.82) is 0 Å². The molecule has 1 aromatic rings. The van der Waals surface area contributed by atoms with Crippen LogP contribution in [0.2, 0.25) is 0 Å². The topological polar surface area (TPSA) is 43.1 Å². The average Bonchev–Trinajstić information content (AvgIpc) is 2.83. The number of hydrogen-bond acceptors (Lipinski definition) is 3. The SMILES string of the molecule is NCC1(C(=O)c2cscc2Br)CC1. The molecule has 0 radical (unpaired) electrons. The molecule has 1 fully saturated rings. The molecule has 1 aliphatic rings. The Kier molecular flexibility index (Phi) is 2.30. The molecule has 2 rings (SSSR count). The first-order valence-corrected chi connectivity index (χ1v) is 5.90. The average molecular weight is 260 g/mol. The Morgan fingerprint density at radius 2 is 2.31 bits per heavy atom. The first-order chi connectivity index (χ1) is 6.19. The van der Waals surface area contributed by atoms with Crippen LogP contribution in [0.3, 0.4) is 0 Å². The summed E-state index contributed by atoms with van der Waals surface area (Å²) in [5.41, 5.74) is 6.17. The van der Waals surface area contributed by atoms with E-state index in [1.165, 1.54) is 0 Å². The van der Waals surface area contributed by atoms with Crippen molar-refractivity contribution in [2.24, 2.45) is 11.1 Å². The predicted molar refractivity (Wildman–Crippen MR) is 57.1 cm³/mol. The lowest BCUT2D eigenvalue weighted by Crippen LogP contribution is -2.25. The Labute approximate surface area is 89.3 Å². The van der Waals surface area contributed by atoms with E-state index in [9.17, 15) is 4.79 Å². The zero-order valence-corrected chi connectivity index (χ0v) is 9.45. The third kappa shape index (κ3) is 1.47. The Morgan fingerprint density at radius 3 is 2.69 bits per heavy atom. The van der Waals surface area contributed by atoms with Crippen molar-refractivity contribution < 1.29 is 4.79 Å². The van der Waals surface area contributed by atoms with Gasteiger partial charge in [-0.15, -0.1) is 0 Å². The van der Waals surface area contributed by atoms with E-state index in [2.05, 4.69) is 15.9 Å². The first-order valence-electron chi connectivity index (χ1n) is 4.16.